The minimum Gasteiger partial charge on any atom is -0.343 e. The van der Waals surface area contributed by atoms with Gasteiger partial charge in [0.25, 0.3) is 0 Å². The molecule has 0 saturated carbocycles. The zero-order valence-corrected chi connectivity index (χ0v) is 12.1. The second-order valence-electron chi connectivity index (χ2n) is 4.50. The zero-order chi connectivity index (χ0) is 13.1. The van der Waals surface area contributed by atoms with E-state index in [1.165, 1.54) is 5.56 Å². The fourth-order valence-corrected chi connectivity index (χ4v) is 3.07. The number of halogens is 1. The Morgan fingerprint density at radius 2 is 1.53 bits per heavy atom. The van der Waals surface area contributed by atoms with Crippen LogP contribution in [0.15, 0.2) is 54.6 Å². The molecule has 0 atom stereocenters. The minimum absolute atomic E-state index is 0.629. The second-order valence-corrected chi connectivity index (χ2v) is 5.06. The second kappa shape index (κ2) is 5.45. The highest BCUT2D eigenvalue weighted by Crippen LogP contribution is 2.39. The Bertz CT molecular complexity index is 548. The van der Waals surface area contributed by atoms with Crippen molar-refractivity contribution >= 4 is 15.9 Å². The molecule has 98 valence electrons. The van der Waals surface area contributed by atoms with Crippen molar-refractivity contribution in [3.05, 3.63) is 60.2 Å². The van der Waals surface area contributed by atoms with E-state index in [0.29, 0.717) is 18.5 Å². The van der Waals surface area contributed by atoms with E-state index in [-0.39, 0.29) is 0 Å². The Hall–Kier alpha value is -1.16. The normalized spacial score (nSPS) is 17.5. The Labute approximate surface area is 121 Å². The lowest BCUT2D eigenvalue weighted by molar-refractivity contribution is -0.143. The first-order chi connectivity index (χ1) is 9.36. The highest BCUT2D eigenvalue weighted by Gasteiger charge is 2.39. The molecule has 1 aliphatic heterocycles. The third-order valence-corrected chi connectivity index (χ3v) is 4.09. The van der Waals surface area contributed by atoms with Crippen molar-refractivity contribution in [3.8, 4) is 11.1 Å². The quantitative estimate of drug-likeness (QED) is 0.798. The van der Waals surface area contributed by atoms with Gasteiger partial charge >= 0.3 is 0 Å². The average Bonchev–Trinajstić information content (AvgIpc) is 2.98. The van der Waals surface area contributed by atoms with E-state index < -0.39 is 5.79 Å². The van der Waals surface area contributed by atoms with Gasteiger partial charge in [0, 0.05) is 5.56 Å². The fraction of sp³-hybridized carbons (Fsp3) is 0.250. The van der Waals surface area contributed by atoms with Crippen LogP contribution >= 0.6 is 15.9 Å². The predicted octanol–water partition coefficient (Wildman–Crippen LogP) is 3.95. The summed E-state index contributed by atoms with van der Waals surface area (Å²) in [5.74, 6) is -0.660. The van der Waals surface area contributed by atoms with E-state index in [2.05, 4.69) is 40.2 Å². The number of rotatable bonds is 3. The smallest absolute Gasteiger partial charge is 0.205 e. The molecule has 2 nitrogen and oxygen atoms in total. The molecular weight excluding hydrogens is 304 g/mol. The molecule has 0 bridgehead atoms. The molecular formula is C16H15BrO2. The molecule has 0 amide bonds. The largest absolute Gasteiger partial charge is 0.343 e. The standard InChI is InChI=1S/C16H15BrO2/c17-12-16(18-10-11-19-16)15-9-5-4-8-14(15)13-6-2-1-3-7-13/h1-9H,10-12H2. The lowest BCUT2D eigenvalue weighted by Crippen LogP contribution is -2.29. The van der Waals surface area contributed by atoms with Gasteiger partial charge in [-0.2, -0.15) is 0 Å². The molecule has 0 radical (unpaired) electrons. The van der Waals surface area contributed by atoms with Gasteiger partial charge in [-0.3, -0.25) is 0 Å². The van der Waals surface area contributed by atoms with Crippen molar-refractivity contribution in [2.75, 3.05) is 18.5 Å². The Balaban J connectivity index is 2.12. The van der Waals surface area contributed by atoms with Gasteiger partial charge in [0.15, 0.2) is 0 Å². The van der Waals surface area contributed by atoms with Gasteiger partial charge < -0.3 is 9.47 Å². The van der Waals surface area contributed by atoms with Crippen LogP contribution in [-0.4, -0.2) is 18.5 Å². The third-order valence-electron chi connectivity index (χ3n) is 3.35. The zero-order valence-electron chi connectivity index (χ0n) is 10.5. The summed E-state index contributed by atoms with van der Waals surface area (Å²) in [6.07, 6.45) is 0. The van der Waals surface area contributed by atoms with E-state index in [1.807, 2.05) is 30.3 Å². The summed E-state index contributed by atoms with van der Waals surface area (Å²) >= 11 is 3.53. The molecule has 1 heterocycles. The monoisotopic (exact) mass is 318 g/mol. The first kappa shape index (κ1) is 12.9. The maximum Gasteiger partial charge on any atom is 0.205 e. The van der Waals surface area contributed by atoms with Crippen LogP contribution in [0, 0.1) is 0 Å². The van der Waals surface area contributed by atoms with Crippen molar-refractivity contribution in [1.29, 1.82) is 0 Å². The average molecular weight is 319 g/mol. The van der Waals surface area contributed by atoms with Crippen LogP contribution in [0.5, 0.6) is 0 Å². The van der Waals surface area contributed by atoms with Crippen LogP contribution in [0.2, 0.25) is 0 Å². The molecule has 19 heavy (non-hydrogen) atoms. The molecule has 3 rings (SSSR count). The lowest BCUT2D eigenvalue weighted by Gasteiger charge is -2.28. The van der Waals surface area contributed by atoms with Crippen molar-refractivity contribution in [2.24, 2.45) is 0 Å². The molecule has 0 N–H and O–H groups in total. The third kappa shape index (κ3) is 2.34. The SMILES string of the molecule is BrCC1(c2ccccc2-c2ccccc2)OCCO1. The number of alkyl halides is 1. The summed E-state index contributed by atoms with van der Waals surface area (Å²) in [5.41, 5.74) is 3.41. The molecule has 1 aliphatic rings. The molecule has 0 spiro atoms. The highest BCUT2D eigenvalue weighted by molar-refractivity contribution is 9.09. The van der Waals surface area contributed by atoms with Gasteiger partial charge in [0.2, 0.25) is 5.79 Å². The lowest BCUT2D eigenvalue weighted by atomic mass is 9.95. The first-order valence-corrected chi connectivity index (χ1v) is 7.47. The van der Waals surface area contributed by atoms with Crippen molar-refractivity contribution in [3.63, 3.8) is 0 Å². The summed E-state index contributed by atoms with van der Waals surface area (Å²) in [6, 6.07) is 18.6. The summed E-state index contributed by atoms with van der Waals surface area (Å²) < 4.78 is 11.7. The molecule has 0 aliphatic carbocycles. The molecule has 1 fully saturated rings. The van der Waals surface area contributed by atoms with Crippen LogP contribution in [0.1, 0.15) is 5.56 Å². The molecule has 2 aromatic rings. The maximum atomic E-state index is 5.87. The number of hydrogen-bond donors (Lipinski definition) is 0. The van der Waals surface area contributed by atoms with E-state index in [0.717, 1.165) is 11.1 Å². The Morgan fingerprint density at radius 3 is 2.21 bits per heavy atom. The highest BCUT2D eigenvalue weighted by atomic mass is 79.9. The van der Waals surface area contributed by atoms with Crippen LogP contribution in [0.4, 0.5) is 0 Å². The summed E-state index contributed by atoms with van der Waals surface area (Å²) in [6.45, 7) is 1.27. The number of ether oxygens (including phenoxy) is 2. The van der Waals surface area contributed by atoms with E-state index >= 15 is 0 Å². The Morgan fingerprint density at radius 1 is 0.895 bits per heavy atom. The van der Waals surface area contributed by atoms with Crippen molar-refractivity contribution in [1.82, 2.24) is 0 Å². The fourth-order valence-electron chi connectivity index (χ4n) is 2.44. The van der Waals surface area contributed by atoms with Gasteiger partial charge in [-0.05, 0) is 11.1 Å². The van der Waals surface area contributed by atoms with Crippen LogP contribution in [0.25, 0.3) is 11.1 Å². The topological polar surface area (TPSA) is 18.5 Å². The maximum absolute atomic E-state index is 5.87. The molecule has 2 aromatic carbocycles. The van der Waals surface area contributed by atoms with E-state index in [9.17, 15) is 0 Å². The van der Waals surface area contributed by atoms with Gasteiger partial charge in [-0.1, -0.05) is 70.5 Å². The molecule has 1 saturated heterocycles. The van der Waals surface area contributed by atoms with Gasteiger partial charge in [0.1, 0.15) is 0 Å². The summed E-state index contributed by atoms with van der Waals surface area (Å²) in [7, 11) is 0. The first-order valence-electron chi connectivity index (χ1n) is 6.34. The number of benzene rings is 2. The van der Waals surface area contributed by atoms with Crippen LogP contribution in [-0.2, 0) is 15.3 Å². The minimum atomic E-state index is -0.660. The number of hydrogen-bond acceptors (Lipinski definition) is 2. The van der Waals surface area contributed by atoms with Gasteiger partial charge in [-0.25, -0.2) is 0 Å². The predicted molar refractivity (Wildman–Crippen MR) is 79.3 cm³/mol. The molecule has 3 heteroatoms. The molecule has 0 aromatic heterocycles. The Kier molecular flexibility index (Phi) is 3.69. The summed E-state index contributed by atoms with van der Waals surface area (Å²) in [5, 5.41) is 0.629. The van der Waals surface area contributed by atoms with Crippen molar-refractivity contribution < 1.29 is 9.47 Å². The van der Waals surface area contributed by atoms with Crippen LogP contribution < -0.4 is 0 Å². The van der Waals surface area contributed by atoms with E-state index in [1.54, 1.807) is 0 Å². The summed E-state index contributed by atoms with van der Waals surface area (Å²) in [4.78, 5) is 0. The van der Waals surface area contributed by atoms with Gasteiger partial charge in [-0.15, -0.1) is 0 Å². The van der Waals surface area contributed by atoms with Gasteiger partial charge in [0.05, 0.1) is 18.5 Å². The molecule has 0 unspecified atom stereocenters. The van der Waals surface area contributed by atoms with E-state index in [4.69, 9.17) is 9.47 Å². The van der Waals surface area contributed by atoms with Crippen LogP contribution in [0.3, 0.4) is 0 Å². The van der Waals surface area contributed by atoms with Crippen molar-refractivity contribution in [2.45, 2.75) is 5.79 Å².